The fraction of sp³-hybridized carbons (Fsp3) is 1.00. The Hall–Kier alpha value is 0.300. The van der Waals surface area contributed by atoms with E-state index in [-0.39, 0.29) is 49.4 Å². The highest BCUT2D eigenvalue weighted by Gasteiger charge is 2.69. The van der Waals surface area contributed by atoms with E-state index in [1.54, 1.807) is 0 Å². The third-order valence-electron chi connectivity index (χ3n) is 10.7. The average Bonchev–Trinajstić information content (AvgIpc) is 2.94. The van der Waals surface area contributed by atoms with E-state index in [4.69, 9.17) is 0 Å². The van der Waals surface area contributed by atoms with Gasteiger partial charge in [-0.3, -0.25) is 9.13 Å². The molecule has 0 aliphatic carbocycles. The van der Waals surface area contributed by atoms with Crippen LogP contribution in [0.4, 0.5) is 0 Å². The van der Waals surface area contributed by atoms with Crippen molar-refractivity contribution in [3.05, 3.63) is 0 Å². The number of rotatable bonds is 27. The van der Waals surface area contributed by atoms with Crippen LogP contribution in [0.15, 0.2) is 0 Å². The lowest BCUT2D eigenvalue weighted by atomic mass is 9.67. The molecule has 0 heterocycles. The molecule has 4 atom stereocenters. The minimum atomic E-state index is -5.00. The Bertz CT molecular complexity index is 676. The maximum atomic E-state index is 14.3. The lowest BCUT2D eigenvalue weighted by Crippen LogP contribution is -2.57. The van der Waals surface area contributed by atoms with Gasteiger partial charge in [-0.25, -0.2) is 0 Å². The van der Waals surface area contributed by atoms with Crippen LogP contribution in [0.5, 0.6) is 0 Å². The molecule has 0 aliphatic heterocycles. The predicted molar refractivity (Wildman–Crippen MR) is 181 cm³/mol. The maximum absolute atomic E-state index is 14.3. The maximum Gasteiger partial charge on any atom is 0.332 e. The number of hydrogen-bond acceptors (Lipinski definition) is 2. The van der Waals surface area contributed by atoms with Gasteiger partial charge in [0.1, 0.15) is 0 Å². The molecule has 0 radical (unpaired) electrons. The fourth-order valence-corrected chi connectivity index (χ4v) is 11.8. The van der Waals surface area contributed by atoms with Gasteiger partial charge in [0.05, 0.1) is 10.3 Å². The van der Waals surface area contributed by atoms with E-state index in [1.807, 2.05) is 0 Å². The van der Waals surface area contributed by atoms with Gasteiger partial charge in [0, 0.05) is 0 Å². The van der Waals surface area contributed by atoms with Gasteiger partial charge >= 0.3 is 15.2 Å². The molecule has 0 amide bonds. The van der Waals surface area contributed by atoms with Crippen molar-refractivity contribution in [1.82, 2.24) is 0 Å². The van der Waals surface area contributed by atoms with E-state index in [0.29, 0.717) is 0 Å². The Balaban J connectivity index is 7.83. The van der Waals surface area contributed by atoms with Crippen molar-refractivity contribution >= 4 is 15.2 Å². The molecule has 0 saturated heterocycles. The third kappa shape index (κ3) is 12.2. The normalized spacial score (nSPS) is 18.7. The van der Waals surface area contributed by atoms with E-state index >= 15 is 0 Å². The first-order chi connectivity index (χ1) is 19.7. The van der Waals surface area contributed by atoms with Crippen molar-refractivity contribution in [3.8, 4) is 0 Å². The van der Waals surface area contributed by atoms with Crippen LogP contribution >= 0.6 is 15.2 Å². The Labute approximate surface area is 261 Å². The first-order valence-electron chi connectivity index (χ1n) is 17.8. The summed E-state index contributed by atoms with van der Waals surface area (Å²) in [5, 5.41) is -3.53. The second kappa shape index (κ2) is 21.2. The van der Waals surface area contributed by atoms with Gasteiger partial charge in [0.25, 0.3) is 0 Å². The highest BCUT2D eigenvalue weighted by Crippen LogP contribution is 2.75. The van der Waals surface area contributed by atoms with E-state index in [2.05, 4.69) is 55.4 Å². The minimum absolute atomic E-state index is 0.0126. The molecule has 8 heteroatoms. The van der Waals surface area contributed by atoms with Crippen LogP contribution in [0.3, 0.4) is 0 Å². The van der Waals surface area contributed by atoms with Crippen molar-refractivity contribution in [3.63, 3.8) is 0 Å². The van der Waals surface area contributed by atoms with Crippen LogP contribution in [-0.4, -0.2) is 29.9 Å². The molecule has 0 aliphatic rings. The van der Waals surface area contributed by atoms with Crippen LogP contribution in [0.2, 0.25) is 0 Å². The SMILES string of the molecule is CCCCC(CC)CC(CC(CC)CCCC)(C(CC(CC)CCCC)(CC(CC)CCCC)P(=O)(O)O)P(=O)(O)O. The molecule has 0 saturated carbocycles. The Morgan fingerprint density at radius 2 is 0.619 bits per heavy atom. The summed E-state index contributed by atoms with van der Waals surface area (Å²) in [7, 11) is -10.0. The lowest BCUT2D eigenvalue weighted by molar-refractivity contribution is 0.130. The predicted octanol–water partition coefficient (Wildman–Crippen LogP) is 11.2. The summed E-state index contributed by atoms with van der Waals surface area (Å²) in [5.41, 5.74) is 0. The molecular formula is C34H72O6P2. The molecule has 0 aromatic heterocycles. The van der Waals surface area contributed by atoms with Gasteiger partial charge in [-0.1, -0.05) is 158 Å². The topological polar surface area (TPSA) is 115 Å². The summed E-state index contributed by atoms with van der Waals surface area (Å²) < 4.78 is 28.6. The molecule has 4 N–H and O–H groups in total. The minimum Gasteiger partial charge on any atom is -0.324 e. The first kappa shape index (κ1) is 42.3. The molecule has 0 fully saturated rings. The van der Waals surface area contributed by atoms with Crippen molar-refractivity contribution in [2.75, 3.05) is 0 Å². The van der Waals surface area contributed by atoms with Gasteiger partial charge in [-0.2, -0.15) is 0 Å². The van der Waals surface area contributed by atoms with Crippen molar-refractivity contribution in [2.24, 2.45) is 23.7 Å². The molecule has 6 nitrogen and oxygen atoms in total. The smallest absolute Gasteiger partial charge is 0.324 e. The zero-order chi connectivity index (χ0) is 32.5. The Kier molecular flexibility index (Phi) is 21.3. The molecule has 0 aromatic carbocycles. The van der Waals surface area contributed by atoms with Gasteiger partial charge in [0.2, 0.25) is 0 Å². The van der Waals surface area contributed by atoms with Crippen LogP contribution in [0.25, 0.3) is 0 Å². The Morgan fingerprint density at radius 1 is 0.429 bits per heavy atom. The summed E-state index contributed by atoms with van der Waals surface area (Å²) in [6, 6.07) is 0. The quantitative estimate of drug-likeness (QED) is 0.0665. The van der Waals surface area contributed by atoms with E-state index < -0.39 is 25.5 Å². The lowest BCUT2D eigenvalue weighted by Gasteiger charge is -2.55. The van der Waals surface area contributed by atoms with Crippen LogP contribution in [-0.2, 0) is 9.13 Å². The second-order valence-electron chi connectivity index (χ2n) is 13.6. The second-order valence-corrected chi connectivity index (χ2v) is 17.5. The molecule has 0 rings (SSSR count). The van der Waals surface area contributed by atoms with Crippen LogP contribution < -0.4 is 0 Å². The largest absolute Gasteiger partial charge is 0.332 e. The molecule has 0 spiro atoms. The first-order valence-corrected chi connectivity index (χ1v) is 21.1. The fourth-order valence-electron chi connectivity index (χ4n) is 7.63. The molecular weight excluding hydrogens is 566 g/mol. The molecule has 0 aromatic rings. The molecule has 4 unspecified atom stereocenters. The van der Waals surface area contributed by atoms with Gasteiger partial charge in [-0.15, -0.1) is 0 Å². The van der Waals surface area contributed by atoms with Crippen LogP contribution in [0.1, 0.15) is 184 Å². The summed E-state index contributed by atoms with van der Waals surface area (Å²) in [6.45, 7) is 16.8. The van der Waals surface area contributed by atoms with Crippen molar-refractivity contribution < 1.29 is 28.7 Å². The summed E-state index contributed by atoms with van der Waals surface area (Å²) in [4.78, 5) is 46.6. The highest BCUT2D eigenvalue weighted by molar-refractivity contribution is 7.58. The van der Waals surface area contributed by atoms with Gasteiger partial charge in [-0.05, 0) is 49.4 Å². The zero-order valence-corrected chi connectivity index (χ0v) is 30.7. The number of hydrogen-bond donors (Lipinski definition) is 4. The molecule has 42 heavy (non-hydrogen) atoms. The summed E-state index contributed by atoms with van der Waals surface area (Å²) in [6.07, 6.45) is 14.9. The van der Waals surface area contributed by atoms with E-state index in [0.717, 1.165) is 103 Å². The monoisotopic (exact) mass is 638 g/mol. The molecule has 0 bridgehead atoms. The highest BCUT2D eigenvalue weighted by atomic mass is 31.2. The van der Waals surface area contributed by atoms with Crippen molar-refractivity contribution in [2.45, 2.75) is 194 Å². The standard InChI is InChI=1S/C34H72O6P2/c1-9-17-21-29(13-5)25-33(41(35,36)37,26-30(14-6)22-18-10-2)34(42(38,39)40,27-31(15-7)23-19-11-3)28-32(16-8)24-20-12-4/h29-32H,9-28H2,1-8H3,(H2,35,36,37)(H2,38,39,40). The molecule has 254 valence electrons. The summed E-state index contributed by atoms with van der Waals surface area (Å²) in [5.74, 6) is 0.0504. The van der Waals surface area contributed by atoms with Crippen molar-refractivity contribution in [1.29, 1.82) is 0 Å². The van der Waals surface area contributed by atoms with E-state index in [9.17, 15) is 28.7 Å². The van der Waals surface area contributed by atoms with E-state index in [1.165, 1.54) is 0 Å². The van der Waals surface area contributed by atoms with Crippen LogP contribution in [0, 0.1) is 23.7 Å². The summed E-state index contributed by atoms with van der Waals surface area (Å²) >= 11 is 0. The zero-order valence-electron chi connectivity index (χ0n) is 29.0. The van der Waals surface area contributed by atoms with Gasteiger partial charge < -0.3 is 19.6 Å². The van der Waals surface area contributed by atoms with Gasteiger partial charge in [0.15, 0.2) is 0 Å². The third-order valence-corrected chi connectivity index (χ3v) is 14.7. The Morgan fingerprint density at radius 3 is 0.738 bits per heavy atom. The number of unbranched alkanes of at least 4 members (excludes halogenated alkanes) is 4. The average molecular weight is 639 g/mol.